The summed E-state index contributed by atoms with van der Waals surface area (Å²) in [6.45, 7) is 0. The highest BCUT2D eigenvalue weighted by atomic mass is 35.5. The van der Waals surface area contributed by atoms with Gasteiger partial charge in [0.2, 0.25) is 5.91 Å². The van der Waals surface area contributed by atoms with Gasteiger partial charge in [-0.3, -0.25) is 9.59 Å². The second-order valence-corrected chi connectivity index (χ2v) is 5.81. The average Bonchev–Trinajstić information content (AvgIpc) is 3.11. The van der Waals surface area contributed by atoms with Crippen molar-refractivity contribution in [2.24, 2.45) is 0 Å². The third-order valence-corrected chi connectivity index (χ3v) is 4.21. The fourth-order valence-corrected chi connectivity index (χ4v) is 2.96. The molecule has 3 rings (SSSR count). The Labute approximate surface area is 133 Å². The Morgan fingerprint density at radius 1 is 1.32 bits per heavy atom. The highest BCUT2D eigenvalue weighted by Crippen LogP contribution is 2.32. The van der Waals surface area contributed by atoms with Gasteiger partial charge in [0.1, 0.15) is 5.69 Å². The van der Waals surface area contributed by atoms with Gasteiger partial charge in [-0.15, -0.1) is 0 Å². The van der Waals surface area contributed by atoms with E-state index in [1.807, 2.05) is 12.1 Å². The first-order valence-corrected chi connectivity index (χ1v) is 7.39. The minimum atomic E-state index is -0.269. The first-order chi connectivity index (χ1) is 10.6. The minimum Gasteiger partial charge on any atom is -0.357 e. The lowest BCUT2D eigenvalue weighted by Crippen LogP contribution is -2.39. The highest BCUT2D eigenvalue weighted by Gasteiger charge is 2.39. The van der Waals surface area contributed by atoms with Gasteiger partial charge in [-0.05, 0) is 29.8 Å². The monoisotopic (exact) mass is 317 g/mol. The van der Waals surface area contributed by atoms with Crippen molar-refractivity contribution < 1.29 is 9.59 Å². The molecule has 0 bridgehead atoms. The van der Waals surface area contributed by atoms with Crippen molar-refractivity contribution in [1.82, 2.24) is 15.2 Å². The molecule has 114 valence electrons. The van der Waals surface area contributed by atoms with Gasteiger partial charge in [-0.1, -0.05) is 23.7 Å². The number of benzene rings is 1. The number of rotatable bonds is 3. The van der Waals surface area contributed by atoms with E-state index in [1.54, 1.807) is 42.4 Å². The van der Waals surface area contributed by atoms with Gasteiger partial charge in [-0.2, -0.15) is 0 Å². The number of nitrogens with zero attached hydrogens (tertiary/aromatic N) is 1. The summed E-state index contributed by atoms with van der Waals surface area (Å²) in [6, 6.07) is 10.4. The molecule has 2 heterocycles. The van der Waals surface area contributed by atoms with Crippen molar-refractivity contribution in [3.63, 3.8) is 0 Å². The summed E-state index contributed by atoms with van der Waals surface area (Å²) in [4.78, 5) is 28.8. The molecule has 2 N–H and O–H groups in total. The first-order valence-electron chi connectivity index (χ1n) is 7.01. The molecule has 0 saturated carbocycles. The quantitative estimate of drug-likeness (QED) is 0.912. The second kappa shape index (κ2) is 5.85. The summed E-state index contributed by atoms with van der Waals surface area (Å²) >= 11 is 5.92. The van der Waals surface area contributed by atoms with Crippen LogP contribution < -0.4 is 5.32 Å². The molecule has 22 heavy (non-hydrogen) atoms. The Morgan fingerprint density at radius 3 is 2.68 bits per heavy atom. The zero-order valence-electron chi connectivity index (χ0n) is 12.0. The van der Waals surface area contributed by atoms with Crippen molar-refractivity contribution in [3.05, 3.63) is 58.9 Å². The number of likely N-dealkylation sites (tertiary alicyclic amines) is 1. The zero-order valence-corrected chi connectivity index (χ0v) is 12.8. The molecule has 1 saturated heterocycles. The Hall–Kier alpha value is -2.27. The van der Waals surface area contributed by atoms with Gasteiger partial charge in [0.05, 0.1) is 12.1 Å². The summed E-state index contributed by atoms with van der Waals surface area (Å²) in [5.41, 5.74) is 1.44. The largest absolute Gasteiger partial charge is 0.357 e. The number of likely N-dealkylation sites (N-methyl/N-ethyl adjacent to an activating group) is 1. The molecule has 0 radical (unpaired) electrons. The van der Waals surface area contributed by atoms with Crippen LogP contribution in [0.4, 0.5) is 0 Å². The lowest BCUT2D eigenvalue weighted by molar-refractivity contribution is -0.127. The fraction of sp³-hybridized carbons (Fsp3) is 0.250. The lowest BCUT2D eigenvalue weighted by Gasteiger charge is -2.26. The molecule has 1 aromatic heterocycles. The van der Waals surface area contributed by atoms with Gasteiger partial charge in [0.15, 0.2) is 0 Å². The lowest BCUT2D eigenvalue weighted by atomic mass is 10.00. The third kappa shape index (κ3) is 2.72. The predicted octanol–water partition coefficient (Wildman–Crippen LogP) is 2.37. The van der Waals surface area contributed by atoms with Crippen LogP contribution in [0.5, 0.6) is 0 Å². The predicted molar refractivity (Wildman–Crippen MR) is 83.6 cm³/mol. The van der Waals surface area contributed by atoms with Crippen LogP contribution in [0.1, 0.15) is 28.5 Å². The van der Waals surface area contributed by atoms with Crippen molar-refractivity contribution >= 4 is 23.4 Å². The van der Waals surface area contributed by atoms with Crippen LogP contribution in [-0.4, -0.2) is 34.8 Å². The molecule has 0 unspecified atom stereocenters. The van der Waals surface area contributed by atoms with E-state index in [2.05, 4.69) is 10.3 Å². The number of carbonyl (C=O) groups is 2. The van der Waals surface area contributed by atoms with Crippen LogP contribution >= 0.6 is 11.6 Å². The molecule has 1 fully saturated rings. The van der Waals surface area contributed by atoms with Gasteiger partial charge < -0.3 is 15.2 Å². The molecule has 2 atom stereocenters. The number of nitrogens with one attached hydrogen (secondary N) is 2. The van der Waals surface area contributed by atoms with Gasteiger partial charge in [-0.25, -0.2) is 0 Å². The maximum absolute atomic E-state index is 12.2. The van der Waals surface area contributed by atoms with E-state index in [0.29, 0.717) is 10.7 Å². The number of halogens is 1. The molecule has 6 heteroatoms. The zero-order chi connectivity index (χ0) is 15.7. The molecule has 1 aromatic carbocycles. The van der Waals surface area contributed by atoms with Crippen LogP contribution in [0, 0.1) is 0 Å². The molecular weight excluding hydrogens is 302 g/mol. The summed E-state index contributed by atoms with van der Waals surface area (Å²) in [6.07, 6.45) is 1.98. The summed E-state index contributed by atoms with van der Waals surface area (Å²) < 4.78 is 0. The number of H-pyrrole nitrogens is 1. The number of amides is 2. The Bertz CT molecular complexity index is 682. The standard InChI is InChI=1S/C16H16ClN3O2/c1-20-14(21)9-13(19-16(22)12-3-2-8-18-12)15(20)10-4-6-11(17)7-5-10/h2-8,13,15,18H,9H2,1H3,(H,19,22)/t13-,15+/m0/s1. The molecular formula is C16H16ClN3O2. The SMILES string of the molecule is CN1C(=O)C[C@H](NC(=O)c2ccc[nH]2)[C@H]1c1ccc(Cl)cc1. The maximum atomic E-state index is 12.2. The van der Waals surface area contributed by atoms with E-state index in [9.17, 15) is 9.59 Å². The fourth-order valence-electron chi connectivity index (χ4n) is 2.83. The van der Waals surface area contributed by atoms with Gasteiger partial charge >= 0.3 is 0 Å². The third-order valence-electron chi connectivity index (χ3n) is 3.96. The van der Waals surface area contributed by atoms with E-state index in [-0.39, 0.29) is 30.3 Å². The van der Waals surface area contributed by atoms with Crippen LogP contribution in [0.2, 0.25) is 5.02 Å². The van der Waals surface area contributed by atoms with E-state index in [0.717, 1.165) is 5.56 Å². The van der Waals surface area contributed by atoms with Crippen molar-refractivity contribution in [2.75, 3.05) is 7.05 Å². The van der Waals surface area contributed by atoms with Crippen LogP contribution in [0.3, 0.4) is 0 Å². The summed E-state index contributed by atoms with van der Waals surface area (Å²) in [5.74, 6) is -0.200. The number of aromatic amines is 1. The van der Waals surface area contributed by atoms with Crippen molar-refractivity contribution in [3.8, 4) is 0 Å². The van der Waals surface area contributed by atoms with Crippen LogP contribution in [0.15, 0.2) is 42.6 Å². The van der Waals surface area contributed by atoms with Crippen molar-refractivity contribution in [1.29, 1.82) is 0 Å². The molecule has 2 aromatic rings. The van der Waals surface area contributed by atoms with E-state index in [1.165, 1.54) is 0 Å². The van der Waals surface area contributed by atoms with Crippen molar-refractivity contribution in [2.45, 2.75) is 18.5 Å². The van der Waals surface area contributed by atoms with E-state index < -0.39 is 0 Å². The normalized spacial score (nSPS) is 21.2. The van der Waals surface area contributed by atoms with E-state index >= 15 is 0 Å². The number of carbonyl (C=O) groups excluding carboxylic acids is 2. The number of aromatic nitrogens is 1. The Kier molecular flexibility index (Phi) is 3.90. The summed E-state index contributed by atoms with van der Waals surface area (Å²) in [5, 5.41) is 3.58. The molecule has 0 aliphatic carbocycles. The molecule has 1 aliphatic heterocycles. The second-order valence-electron chi connectivity index (χ2n) is 5.37. The molecule has 5 nitrogen and oxygen atoms in total. The minimum absolute atomic E-state index is 0.0109. The average molecular weight is 318 g/mol. The molecule has 2 amide bonds. The number of hydrogen-bond acceptors (Lipinski definition) is 2. The molecule has 0 spiro atoms. The van der Waals surface area contributed by atoms with Gasteiger partial charge in [0.25, 0.3) is 5.91 Å². The number of hydrogen-bond donors (Lipinski definition) is 2. The smallest absolute Gasteiger partial charge is 0.268 e. The highest BCUT2D eigenvalue weighted by molar-refractivity contribution is 6.30. The first kappa shape index (κ1) is 14.7. The van der Waals surface area contributed by atoms with Crippen LogP contribution in [0.25, 0.3) is 0 Å². The maximum Gasteiger partial charge on any atom is 0.268 e. The Balaban J connectivity index is 1.83. The topological polar surface area (TPSA) is 65.2 Å². The van der Waals surface area contributed by atoms with Crippen LogP contribution in [-0.2, 0) is 4.79 Å². The Morgan fingerprint density at radius 2 is 2.05 bits per heavy atom. The molecule has 1 aliphatic rings. The summed E-state index contributed by atoms with van der Waals surface area (Å²) in [7, 11) is 1.75. The van der Waals surface area contributed by atoms with E-state index in [4.69, 9.17) is 11.6 Å². The van der Waals surface area contributed by atoms with Gasteiger partial charge in [0, 0.05) is 24.7 Å².